The second-order valence-electron chi connectivity index (χ2n) is 3.86. The van der Waals surface area contributed by atoms with Crippen LogP contribution >= 0.6 is 0 Å². The molecule has 1 aliphatic heterocycles. The van der Waals surface area contributed by atoms with E-state index in [4.69, 9.17) is 0 Å². The highest BCUT2D eigenvalue weighted by Crippen LogP contribution is 2.15. The first-order valence-corrected chi connectivity index (χ1v) is 5.53. The van der Waals surface area contributed by atoms with Gasteiger partial charge in [0.25, 0.3) is 0 Å². The van der Waals surface area contributed by atoms with Gasteiger partial charge < -0.3 is 15.5 Å². The number of carbonyl (C=O) groups excluding carboxylic acids is 1. The minimum Gasteiger partial charge on any atom is -0.357 e. The fraction of sp³-hybridized carbons (Fsp3) is 0.455. The van der Waals surface area contributed by atoms with Crippen molar-refractivity contribution >= 4 is 11.7 Å². The van der Waals surface area contributed by atoms with E-state index in [2.05, 4.69) is 15.6 Å². The highest BCUT2D eigenvalue weighted by atomic mass is 19.1. The summed E-state index contributed by atoms with van der Waals surface area (Å²) < 4.78 is 12.8. The van der Waals surface area contributed by atoms with E-state index in [1.54, 1.807) is 13.1 Å². The monoisotopic (exact) mass is 238 g/mol. The number of piperazine rings is 1. The summed E-state index contributed by atoms with van der Waals surface area (Å²) in [6, 6.07) is 2.65. The molecule has 1 aromatic heterocycles. The van der Waals surface area contributed by atoms with Gasteiger partial charge in [0.05, 0.1) is 6.20 Å². The Balaban J connectivity index is 2.21. The van der Waals surface area contributed by atoms with Gasteiger partial charge in [0, 0.05) is 26.7 Å². The zero-order valence-corrected chi connectivity index (χ0v) is 9.61. The van der Waals surface area contributed by atoms with Crippen LogP contribution in [0.15, 0.2) is 18.3 Å². The third kappa shape index (κ3) is 2.52. The molecule has 2 N–H and O–H groups in total. The van der Waals surface area contributed by atoms with Gasteiger partial charge in [-0.05, 0) is 12.1 Å². The summed E-state index contributed by atoms with van der Waals surface area (Å²) in [6.45, 7) is 2.03. The molecular weight excluding hydrogens is 223 g/mol. The van der Waals surface area contributed by atoms with E-state index in [9.17, 15) is 9.18 Å². The van der Waals surface area contributed by atoms with Gasteiger partial charge in [-0.25, -0.2) is 9.37 Å². The summed E-state index contributed by atoms with van der Waals surface area (Å²) >= 11 is 0. The molecule has 1 fully saturated rings. The highest BCUT2D eigenvalue weighted by Gasteiger charge is 2.28. The fourth-order valence-electron chi connectivity index (χ4n) is 1.92. The molecule has 0 saturated carbocycles. The molecule has 2 rings (SSSR count). The van der Waals surface area contributed by atoms with Crippen LogP contribution in [0.2, 0.25) is 0 Å². The SMILES string of the molecule is CNC(=O)C1CNCCN1c1ccc(F)cn1. The summed E-state index contributed by atoms with van der Waals surface area (Å²) in [4.78, 5) is 17.6. The van der Waals surface area contributed by atoms with E-state index in [-0.39, 0.29) is 17.8 Å². The van der Waals surface area contributed by atoms with Crippen molar-refractivity contribution in [2.24, 2.45) is 0 Å². The second kappa shape index (κ2) is 5.09. The van der Waals surface area contributed by atoms with Crippen molar-refractivity contribution in [2.45, 2.75) is 6.04 Å². The summed E-state index contributed by atoms with van der Waals surface area (Å²) in [7, 11) is 1.60. The first-order valence-electron chi connectivity index (χ1n) is 5.53. The van der Waals surface area contributed by atoms with Crippen LogP contribution < -0.4 is 15.5 Å². The Bertz CT molecular complexity index is 395. The smallest absolute Gasteiger partial charge is 0.243 e. The van der Waals surface area contributed by atoms with E-state index in [1.165, 1.54) is 6.07 Å². The molecule has 1 unspecified atom stereocenters. The zero-order chi connectivity index (χ0) is 12.3. The largest absolute Gasteiger partial charge is 0.357 e. The first-order chi connectivity index (χ1) is 8.22. The zero-order valence-electron chi connectivity index (χ0n) is 9.61. The first kappa shape index (κ1) is 11.8. The Morgan fingerprint density at radius 3 is 3.12 bits per heavy atom. The van der Waals surface area contributed by atoms with Crippen molar-refractivity contribution < 1.29 is 9.18 Å². The van der Waals surface area contributed by atoms with Crippen LogP contribution in [-0.2, 0) is 4.79 Å². The van der Waals surface area contributed by atoms with Crippen molar-refractivity contribution in [3.63, 3.8) is 0 Å². The van der Waals surface area contributed by atoms with Crippen molar-refractivity contribution in [3.05, 3.63) is 24.1 Å². The van der Waals surface area contributed by atoms with E-state index in [1.807, 2.05) is 4.90 Å². The number of carbonyl (C=O) groups is 1. The number of likely N-dealkylation sites (N-methyl/N-ethyl adjacent to an activating group) is 1. The molecule has 0 bridgehead atoms. The maximum Gasteiger partial charge on any atom is 0.243 e. The minimum absolute atomic E-state index is 0.0664. The molecular formula is C11H15FN4O. The van der Waals surface area contributed by atoms with Crippen molar-refractivity contribution in [3.8, 4) is 0 Å². The van der Waals surface area contributed by atoms with E-state index < -0.39 is 0 Å². The molecule has 1 aromatic rings. The number of aromatic nitrogens is 1. The quantitative estimate of drug-likeness (QED) is 0.745. The lowest BCUT2D eigenvalue weighted by molar-refractivity contribution is -0.122. The Labute approximate surface area is 99.0 Å². The summed E-state index contributed by atoms with van der Waals surface area (Å²) in [6.07, 6.45) is 1.16. The third-order valence-corrected chi connectivity index (χ3v) is 2.80. The fourth-order valence-corrected chi connectivity index (χ4v) is 1.92. The van der Waals surface area contributed by atoms with Gasteiger partial charge in [-0.15, -0.1) is 0 Å². The highest BCUT2D eigenvalue weighted by molar-refractivity contribution is 5.85. The van der Waals surface area contributed by atoms with Crippen molar-refractivity contribution in [2.75, 3.05) is 31.6 Å². The molecule has 5 nitrogen and oxygen atoms in total. The lowest BCUT2D eigenvalue weighted by atomic mass is 10.1. The molecule has 17 heavy (non-hydrogen) atoms. The van der Waals surface area contributed by atoms with Gasteiger partial charge in [-0.2, -0.15) is 0 Å². The molecule has 1 saturated heterocycles. The number of anilines is 1. The summed E-state index contributed by atoms with van der Waals surface area (Å²) in [5.41, 5.74) is 0. The molecule has 0 aromatic carbocycles. The second-order valence-corrected chi connectivity index (χ2v) is 3.86. The van der Waals surface area contributed by atoms with Gasteiger partial charge in [0.1, 0.15) is 17.7 Å². The Kier molecular flexibility index (Phi) is 3.53. The average Bonchev–Trinajstić information content (AvgIpc) is 2.39. The average molecular weight is 238 g/mol. The van der Waals surface area contributed by atoms with Crippen LogP contribution in [-0.4, -0.2) is 43.6 Å². The van der Waals surface area contributed by atoms with Crippen molar-refractivity contribution in [1.82, 2.24) is 15.6 Å². The maximum atomic E-state index is 12.8. The molecule has 0 spiro atoms. The van der Waals surface area contributed by atoms with Crippen LogP contribution in [0.3, 0.4) is 0 Å². The number of rotatable bonds is 2. The molecule has 1 atom stereocenters. The van der Waals surface area contributed by atoms with Crippen LogP contribution in [0.4, 0.5) is 10.2 Å². The number of halogens is 1. The number of nitrogens with one attached hydrogen (secondary N) is 2. The number of hydrogen-bond donors (Lipinski definition) is 2. The predicted molar refractivity (Wildman–Crippen MR) is 62.3 cm³/mol. The van der Waals surface area contributed by atoms with Gasteiger partial charge in [-0.1, -0.05) is 0 Å². The van der Waals surface area contributed by atoms with E-state index >= 15 is 0 Å². The van der Waals surface area contributed by atoms with Gasteiger partial charge >= 0.3 is 0 Å². The molecule has 92 valence electrons. The van der Waals surface area contributed by atoms with Gasteiger partial charge in [-0.3, -0.25) is 4.79 Å². The lowest BCUT2D eigenvalue weighted by Gasteiger charge is -2.35. The standard InChI is InChI=1S/C11H15FN4O/c1-13-11(17)9-7-14-4-5-16(9)10-3-2-8(12)6-15-10/h2-3,6,9,14H,4-5,7H2,1H3,(H,13,17). The number of amides is 1. The van der Waals surface area contributed by atoms with Crippen molar-refractivity contribution in [1.29, 1.82) is 0 Å². The van der Waals surface area contributed by atoms with E-state index in [0.717, 1.165) is 12.7 Å². The summed E-state index contributed by atoms with van der Waals surface area (Å²) in [5.74, 6) is 0.185. The number of nitrogens with zero attached hydrogens (tertiary/aromatic N) is 2. The predicted octanol–water partition coefficient (Wildman–Crippen LogP) is -0.255. The molecule has 2 heterocycles. The molecule has 1 aliphatic rings. The van der Waals surface area contributed by atoms with Crippen LogP contribution in [0.1, 0.15) is 0 Å². The normalized spacial score (nSPS) is 20.1. The topological polar surface area (TPSA) is 57.3 Å². The molecule has 1 amide bonds. The van der Waals surface area contributed by atoms with Crippen LogP contribution in [0, 0.1) is 5.82 Å². The molecule has 6 heteroatoms. The maximum absolute atomic E-state index is 12.8. The van der Waals surface area contributed by atoms with Gasteiger partial charge in [0.15, 0.2) is 0 Å². The molecule has 0 radical (unpaired) electrons. The number of pyridine rings is 1. The lowest BCUT2D eigenvalue weighted by Crippen LogP contribution is -2.57. The Morgan fingerprint density at radius 1 is 1.65 bits per heavy atom. The number of hydrogen-bond acceptors (Lipinski definition) is 4. The van der Waals surface area contributed by atoms with Crippen LogP contribution in [0.25, 0.3) is 0 Å². The van der Waals surface area contributed by atoms with Crippen LogP contribution in [0.5, 0.6) is 0 Å². The molecule has 0 aliphatic carbocycles. The van der Waals surface area contributed by atoms with E-state index in [0.29, 0.717) is 18.9 Å². The summed E-state index contributed by atoms with van der Waals surface area (Å²) in [5, 5.41) is 5.78. The Morgan fingerprint density at radius 2 is 2.47 bits per heavy atom. The Hall–Kier alpha value is -1.69. The minimum atomic E-state index is -0.375. The third-order valence-electron chi connectivity index (χ3n) is 2.80. The van der Waals surface area contributed by atoms with Gasteiger partial charge in [0.2, 0.25) is 5.91 Å².